The summed E-state index contributed by atoms with van der Waals surface area (Å²) in [6.45, 7) is 7.71. The average Bonchev–Trinajstić information content (AvgIpc) is 3.30. The fraction of sp³-hybridized carbons (Fsp3) is 0.797. The van der Waals surface area contributed by atoms with Gasteiger partial charge in [-0.15, -0.1) is 0 Å². The molecule has 0 bridgehead atoms. The van der Waals surface area contributed by atoms with Gasteiger partial charge in [0, 0.05) is 19.4 Å². The van der Waals surface area contributed by atoms with Gasteiger partial charge in [-0.1, -0.05) is 242 Å². The van der Waals surface area contributed by atoms with E-state index in [1.807, 2.05) is 0 Å². The molecule has 64 heavy (non-hydrogen) atoms. The third-order valence-electron chi connectivity index (χ3n) is 12.0. The lowest BCUT2D eigenvalue weighted by atomic mass is 10.0. The SMILES string of the molecule is CC/C=C\C/C=C\C/C=C\CCCCCCCCCC(=O)OCC(COCCCCCCCCCC/C=C\C/C=C\CCCCC)OC(=O)CCCCCCCCCCCCCCC. The van der Waals surface area contributed by atoms with E-state index >= 15 is 0 Å². The van der Waals surface area contributed by atoms with Crippen LogP contribution in [0.4, 0.5) is 0 Å². The van der Waals surface area contributed by atoms with Crippen LogP contribution in [0.2, 0.25) is 0 Å². The summed E-state index contributed by atoms with van der Waals surface area (Å²) in [5.41, 5.74) is 0. The van der Waals surface area contributed by atoms with Crippen molar-refractivity contribution in [1.82, 2.24) is 0 Å². The number of carbonyl (C=O) groups is 2. The Bertz CT molecular complexity index is 1100. The molecule has 0 aromatic rings. The van der Waals surface area contributed by atoms with Crippen molar-refractivity contribution in [2.24, 2.45) is 0 Å². The molecule has 1 unspecified atom stereocenters. The number of allylic oxidation sites excluding steroid dienone is 10. The lowest BCUT2D eigenvalue weighted by molar-refractivity contribution is -0.163. The van der Waals surface area contributed by atoms with E-state index in [2.05, 4.69) is 81.5 Å². The largest absolute Gasteiger partial charge is 0.462 e. The molecule has 0 aliphatic heterocycles. The Morgan fingerprint density at radius 2 is 0.703 bits per heavy atom. The number of unbranched alkanes of at least 4 members (excludes halogenated alkanes) is 30. The zero-order valence-electron chi connectivity index (χ0n) is 42.8. The molecule has 0 saturated carbocycles. The van der Waals surface area contributed by atoms with Gasteiger partial charge in [-0.2, -0.15) is 0 Å². The van der Waals surface area contributed by atoms with E-state index in [-0.39, 0.29) is 25.2 Å². The predicted octanol–water partition coefficient (Wildman–Crippen LogP) is 18.9. The summed E-state index contributed by atoms with van der Waals surface area (Å²) in [5.74, 6) is -0.401. The monoisotopic (exact) mass is 895 g/mol. The van der Waals surface area contributed by atoms with Crippen molar-refractivity contribution >= 4 is 11.9 Å². The molecule has 5 nitrogen and oxygen atoms in total. The highest BCUT2D eigenvalue weighted by Gasteiger charge is 2.17. The van der Waals surface area contributed by atoms with Crippen LogP contribution in [0.3, 0.4) is 0 Å². The van der Waals surface area contributed by atoms with Gasteiger partial charge in [0.25, 0.3) is 0 Å². The topological polar surface area (TPSA) is 61.8 Å². The molecule has 0 aliphatic carbocycles. The van der Waals surface area contributed by atoms with Crippen LogP contribution < -0.4 is 0 Å². The van der Waals surface area contributed by atoms with Crippen LogP contribution >= 0.6 is 0 Å². The molecule has 372 valence electrons. The van der Waals surface area contributed by atoms with E-state index in [0.717, 1.165) is 77.0 Å². The maximum Gasteiger partial charge on any atom is 0.306 e. The van der Waals surface area contributed by atoms with Gasteiger partial charge >= 0.3 is 11.9 Å². The number of ether oxygens (including phenoxy) is 3. The molecule has 0 rings (SSSR count). The van der Waals surface area contributed by atoms with Gasteiger partial charge in [-0.05, 0) is 83.5 Å². The Kier molecular flexibility index (Phi) is 52.9. The number of esters is 2. The summed E-state index contributed by atoms with van der Waals surface area (Å²) < 4.78 is 17.5. The molecular formula is C59H106O5. The molecule has 0 saturated heterocycles. The molecule has 0 radical (unpaired) electrons. The van der Waals surface area contributed by atoms with E-state index in [0.29, 0.717) is 19.4 Å². The van der Waals surface area contributed by atoms with Gasteiger partial charge in [0.05, 0.1) is 6.61 Å². The first kappa shape index (κ1) is 61.6. The summed E-state index contributed by atoms with van der Waals surface area (Å²) in [6.07, 6.45) is 69.4. The van der Waals surface area contributed by atoms with Crippen LogP contribution in [-0.4, -0.2) is 37.9 Å². The van der Waals surface area contributed by atoms with Crippen LogP contribution in [0.1, 0.15) is 278 Å². The van der Waals surface area contributed by atoms with Crippen LogP contribution in [0.15, 0.2) is 60.8 Å². The number of carbonyl (C=O) groups excluding carboxylic acids is 2. The van der Waals surface area contributed by atoms with Gasteiger partial charge in [-0.25, -0.2) is 0 Å². The van der Waals surface area contributed by atoms with Crippen molar-refractivity contribution in [2.75, 3.05) is 19.8 Å². The molecule has 0 amide bonds. The molecule has 0 aliphatic rings. The minimum atomic E-state index is -0.542. The highest BCUT2D eigenvalue weighted by molar-refractivity contribution is 5.70. The van der Waals surface area contributed by atoms with Gasteiger partial charge < -0.3 is 14.2 Å². The fourth-order valence-corrected chi connectivity index (χ4v) is 7.91. The standard InChI is InChI=1S/C59H106O5/c1-4-7-10-13-16-19-22-25-27-29-31-33-36-39-42-45-48-51-54-62-55-57(64-59(61)53-50-47-44-41-38-34-24-21-18-15-12-9-6-3)56-63-58(60)52-49-46-43-40-37-35-32-30-28-26-23-20-17-14-11-8-5-2/h8,11,16-17,19-20,25-28,57H,4-7,9-10,12-15,18,21-24,29-56H2,1-3H3/b11-8-,19-16-,20-17-,27-25-,28-26-. The van der Waals surface area contributed by atoms with Gasteiger partial charge in [-0.3, -0.25) is 9.59 Å². The van der Waals surface area contributed by atoms with Gasteiger partial charge in [0.15, 0.2) is 6.10 Å². The molecular weight excluding hydrogens is 789 g/mol. The summed E-state index contributed by atoms with van der Waals surface area (Å²) >= 11 is 0. The molecule has 0 aromatic heterocycles. The zero-order valence-corrected chi connectivity index (χ0v) is 42.8. The number of hydrogen-bond donors (Lipinski definition) is 0. The molecule has 0 aromatic carbocycles. The van der Waals surface area contributed by atoms with Crippen LogP contribution in [0, 0.1) is 0 Å². The van der Waals surface area contributed by atoms with Crippen molar-refractivity contribution in [3.8, 4) is 0 Å². The Hall–Kier alpha value is -2.40. The first-order valence-corrected chi connectivity index (χ1v) is 27.8. The smallest absolute Gasteiger partial charge is 0.306 e. The second kappa shape index (κ2) is 54.9. The van der Waals surface area contributed by atoms with E-state index in [1.54, 1.807) is 0 Å². The summed E-state index contributed by atoms with van der Waals surface area (Å²) in [6, 6.07) is 0. The normalized spacial score (nSPS) is 12.6. The Labute approximate surface area is 398 Å². The summed E-state index contributed by atoms with van der Waals surface area (Å²) in [5, 5.41) is 0. The molecule has 0 N–H and O–H groups in total. The van der Waals surface area contributed by atoms with Crippen molar-refractivity contribution in [2.45, 2.75) is 284 Å². The Morgan fingerprint density at radius 1 is 0.359 bits per heavy atom. The summed E-state index contributed by atoms with van der Waals surface area (Å²) in [7, 11) is 0. The second-order valence-electron chi connectivity index (χ2n) is 18.5. The van der Waals surface area contributed by atoms with Crippen LogP contribution in [0.25, 0.3) is 0 Å². The Balaban J connectivity index is 4.26. The number of hydrogen-bond acceptors (Lipinski definition) is 5. The zero-order chi connectivity index (χ0) is 46.3. The van der Waals surface area contributed by atoms with Crippen molar-refractivity contribution in [3.05, 3.63) is 60.8 Å². The highest BCUT2D eigenvalue weighted by Crippen LogP contribution is 2.15. The molecule has 1 atom stereocenters. The molecule has 0 fully saturated rings. The van der Waals surface area contributed by atoms with E-state index < -0.39 is 6.10 Å². The van der Waals surface area contributed by atoms with Crippen LogP contribution in [-0.2, 0) is 23.8 Å². The second-order valence-corrected chi connectivity index (χ2v) is 18.5. The minimum absolute atomic E-state index is 0.0795. The highest BCUT2D eigenvalue weighted by atomic mass is 16.6. The van der Waals surface area contributed by atoms with Crippen molar-refractivity contribution < 1.29 is 23.8 Å². The lowest BCUT2D eigenvalue weighted by Gasteiger charge is -2.18. The maximum absolute atomic E-state index is 12.8. The van der Waals surface area contributed by atoms with E-state index in [1.165, 1.54) is 167 Å². The van der Waals surface area contributed by atoms with E-state index in [4.69, 9.17) is 14.2 Å². The maximum atomic E-state index is 12.8. The van der Waals surface area contributed by atoms with Crippen molar-refractivity contribution in [3.63, 3.8) is 0 Å². The van der Waals surface area contributed by atoms with Gasteiger partial charge in [0.1, 0.15) is 6.61 Å². The molecule has 0 spiro atoms. The Morgan fingerprint density at radius 3 is 1.16 bits per heavy atom. The third-order valence-corrected chi connectivity index (χ3v) is 12.0. The first-order valence-electron chi connectivity index (χ1n) is 27.8. The minimum Gasteiger partial charge on any atom is -0.462 e. The first-order chi connectivity index (χ1) is 31.6. The third kappa shape index (κ3) is 52.2. The van der Waals surface area contributed by atoms with Crippen molar-refractivity contribution in [1.29, 1.82) is 0 Å². The number of rotatable bonds is 51. The summed E-state index contributed by atoms with van der Waals surface area (Å²) in [4.78, 5) is 25.5. The molecule has 5 heteroatoms. The molecule has 0 heterocycles. The lowest BCUT2D eigenvalue weighted by Crippen LogP contribution is -2.30. The van der Waals surface area contributed by atoms with E-state index in [9.17, 15) is 9.59 Å². The van der Waals surface area contributed by atoms with Gasteiger partial charge in [0.2, 0.25) is 0 Å². The van der Waals surface area contributed by atoms with Crippen LogP contribution in [0.5, 0.6) is 0 Å². The fourth-order valence-electron chi connectivity index (χ4n) is 7.91. The average molecular weight is 895 g/mol. The predicted molar refractivity (Wildman–Crippen MR) is 279 cm³/mol. The quantitative estimate of drug-likeness (QED) is 0.0346.